The Morgan fingerprint density at radius 1 is 1.62 bits per heavy atom. The van der Waals surface area contributed by atoms with Crippen LogP contribution in [0.15, 0.2) is 25.0 Å². The highest BCUT2D eigenvalue weighted by Crippen LogP contribution is 1.80. The Morgan fingerprint density at radius 3 is 2.88 bits per heavy atom. The molecule has 0 saturated heterocycles. The van der Waals surface area contributed by atoms with Crippen molar-refractivity contribution in [3.05, 3.63) is 25.0 Å². The summed E-state index contributed by atoms with van der Waals surface area (Å²) in [4.78, 5) is 0. The maximum Gasteiger partial charge on any atom is 0.0870 e. The lowest BCUT2D eigenvalue weighted by Gasteiger charge is -1.92. The maximum absolute atomic E-state index is 4.97. The van der Waals surface area contributed by atoms with Crippen molar-refractivity contribution in [1.29, 1.82) is 0 Å². The molecular formula is C7H12O. The van der Waals surface area contributed by atoms with E-state index in [4.69, 9.17) is 4.74 Å². The van der Waals surface area contributed by atoms with Crippen LogP contribution in [0.25, 0.3) is 0 Å². The summed E-state index contributed by atoms with van der Waals surface area (Å²) in [5, 5.41) is 0. The van der Waals surface area contributed by atoms with Crippen molar-refractivity contribution in [1.82, 2.24) is 0 Å². The molecule has 0 aliphatic rings. The Morgan fingerprint density at radius 2 is 2.38 bits per heavy atom. The van der Waals surface area contributed by atoms with E-state index in [0.717, 1.165) is 13.0 Å². The van der Waals surface area contributed by atoms with Gasteiger partial charge in [-0.05, 0) is 12.5 Å². The van der Waals surface area contributed by atoms with E-state index in [1.54, 1.807) is 18.4 Å². The molecule has 0 fully saturated rings. The van der Waals surface area contributed by atoms with Gasteiger partial charge in [-0.1, -0.05) is 19.6 Å². The summed E-state index contributed by atoms with van der Waals surface area (Å²) in [6.07, 6.45) is 6.17. The van der Waals surface area contributed by atoms with E-state index >= 15 is 0 Å². The fraction of sp³-hybridized carbons (Fsp3) is 0.429. The van der Waals surface area contributed by atoms with Gasteiger partial charge in [-0.2, -0.15) is 0 Å². The minimum atomic E-state index is 0.796. The topological polar surface area (TPSA) is 9.23 Å². The van der Waals surface area contributed by atoms with Crippen LogP contribution in [0.2, 0.25) is 0 Å². The number of hydrogen-bond donors (Lipinski definition) is 0. The predicted octanol–water partition coefficient (Wildman–Crippen LogP) is 2.11. The summed E-state index contributed by atoms with van der Waals surface area (Å²) in [5.41, 5.74) is 0. The monoisotopic (exact) mass is 112 g/mol. The van der Waals surface area contributed by atoms with Crippen molar-refractivity contribution >= 4 is 0 Å². The summed E-state index contributed by atoms with van der Waals surface area (Å²) in [6, 6.07) is 0. The minimum absolute atomic E-state index is 0.796. The largest absolute Gasteiger partial charge is 0.501 e. The van der Waals surface area contributed by atoms with Gasteiger partial charge in [-0.25, -0.2) is 0 Å². The molecule has 0 aromatic rings. The molecule has 0 saturated carbocycles. The quantitative estimate of drug-likeness (QED) is 0.307. The zero-order chi connectivity index (χ0) is 6.24. The van der Waals surface area contributed by atoms with E-state index in [9.17, 15) is 0 Å². The average molecular weight is 112 g/mol. The summed E-state index contributed by atoms with van der Waals surface area (Å²) in [6.45, 7) is 6.36. The molecule has 0 amide bonds. The second-order valence-electron chi connectivity index (χ2n) is 1.44. The fourth-order valence-electron chi connectivity index (χ4n) is 0.297. The number of rotatable bonds is 4. The Balaban J connectivity index is 2.91. The maximum atomic E-state index is 4.97. The van der Waals surface area contributed by atoms with Crippen LogP contribution in [-0.4, -0.2) is 6.61 Å². The van der Waals surface area contributed by atoms with Crippen LogP contribution in [0.3, 0.4) is 0 Å². The van der Waals surface area contributed by atoms with Crippen molar-refractivity contribution in [3.8, 4) is 0 Å². The van der Waals surface area contributed by atoms with Gasteiger partial charge in [0.15, 0.2) is 0 Å². The molecule has 0 aliphatic carbocycles. The molecule has 0 aromatic heterocycles. The van der Waals surface area contributed by atoms with Crippen molar-refractivity contribution < 1.29 is 4.74 Å². The molecular weight excluding hydrogens is 100 g/mol. The molecule has 0 bridgehead atoms. The third-order valence-corrected chi connectivity index (χ3v) is 0.633. The number of ether oxygens (including phenoxy) is 1. The van der Waals surface area contributed by atoms with Gasteiger partial charge in [0.05, 0.1) is 12.9 Å². The predicted molar refractivity (Wildman–Crippen MR) is 35.6 cm³/mol. The van der Waals surface area contributed by atoms with Gasteiger partial charge in [-0.3, -0.25) is 0 Å². The van der Waals surface area contributed by atoms with Gasteiger partial charge in [-0.15, -0.1) is 0 Å². The van der Waals surface area contributed by atoms with E-state index in [1.807, 2.05) is 0 Å². The van der Waals surface area contributed by atoms with Crippen molar-refractivity contribution in [2.45, 2.75) is 13.3 Å². The zero-order valence-electron chi connectivity index (χ0n) is 5.26. The van der Waals surface area contributed by atoms with Crippen LogP contribution in [0.5, 0.6) is 0 Å². The van der Waals surface area contributed by atoms with E-state index in [1.165, 1.54) is 0 Å². The van der Waals surface area contributed by atoms with Gasteiger partial charge < -0.3 is 4.74 Å². The number of hydrogen-bond acceptors (Lipinski definition) is 1. The SMILES string of the molecule is C=C/C=C/OCCC. The van der Waals surface area contributed by atoms with Crippen molar-refractivity contribution in [2.24, 2.45) is 0 Å². The molecule has 46 valence electrons. The molecule has 0 rings (SSSR count). The fourth-order valence-corrected chi connectivity index (χ4v) is 0.297. The lowest BCUT2D eigenvalue weighted by atomic mass is 10.5. The van der Waals surface area contributed by atoms with Gasteiger partial charge in [0.25, 0.3) is 0 Å². The molecule has 0 atom stereocenters. The second kappa shape index (κ2) is 6.28. The molecule has 0 spiro atoms. The van der Waals surface area contributed by atoms with Crippen LogP contribution in [-0.2, 0) is 4.74 Å². The Bertz CT molecular complexity index is 74.5. The van der Waals surface area contributed by atoms with Crippen LogP contribution in [0.4, 0.5) is 0 Å². The smallest absolute Gasteiger partial charge is 0.0870 e. The highest BCUT2D eigenvalue weighted by Gasteiger charge is 1.71. The standard InChI is InChI=1S/C7H12O/c1-3-5-7-8-6-4-2/h3,5,7H,1,4,6H2,2H3/b7-5+. The molecule has 0 aromatic carbocycles. The lowest BCUT2D eigenvalue weighted by Crippen LogP contribution is -1.80. The Kier molecular flexibility index (Phi) is 5.71. The van der Waals surface area contributed by atoms with Gasteiger partial charge in [0.1, 0.15) is 0 Å². The third-order valence-electron chi connectivity index (χ3n) is 0.633. The first-order valence-corrected chi connectivity index (χ1v) is 2.81. The lowest BCUT2D eigenvalue weighted by molar-refractivity contribution is 0.250. The van der Waals surface area contributed by atoms with Gasteiger partial charge in [0, 0.05) is 0 Å². The third kappa shape index (κ3) is 5.28. The van der Waals surface area contributed by atoms with Crippen molar-refractivity contribution in [3.63, 3.8) is 0 Å². The molecule has 1 heteroatoms. The van der Waals surface area contributed by atoms with E-state index < -0.39 is 0 Å². The van der Waals surface area contributed by atoms with Crippen LogP contribution < -0.4 is 0 Å². The van der Waals surface area contributed by atoms with Gasteiger partial charge in [0.2, 0.25) is 0 Å². The normalized spacial score (nSPS) is 9.62. The van der Waals surface area contributed by atoms with E-state index in [2.05, 4.69) is 13.5 Å². The molecule has 0 radical (unpaired) electrons. The zero-order valence-corrected chi connectivity index (χ0v) is 5.26. The van der Waals surface area contributed by atoms with E-state index in [0.29, 0.717) is 0 Å². The first-order chi connectivity index (χ1) is 3.91. The first kappa shape index (κ1) is 7.28. The molecule has 0 heterocycles. The number of allylic oxidation sites excluding steroid dienone is 2. The van der Waals surface area contributed by atoms with E-state index in [-0.39, 0.29) is 0 Å². The molecule has 0 N–H and O–H groups in total. The molecule has 1 nitrogen and oxygen atoms in total. The highest BCUT2D eigenvalue weighted by atomic mass is 16.5. The van der Waals surface area contributed by atoms with Crippen LogP contribution in [0.1, 0.15) is 13.3 Å². The molecule has 0 unspecified atom stereocenters. The summed E-state index contributed by atoms with van der Waals surface area (Å²) >= 11 is 0. The first-order valence-electron chi connectivity index (χ1n) is 2.81. The summed E-state index contributed by atoms with van der Waals surface area (Å²) in [7, 11) is 0. The molecule has 8 heavy (non-hydrogen) atoms. The minimum Gasteiger partial charge on any atom is -0.501 e. The van der Waals surface area contributed by atoms with Gasteiger partial charge >= 0.3 is 0 Å². The summed E-state index contributed by atoms with van der Waals surface area (Å²) < 4.78 is 4.97. The highest BCUT2D eigenvalue weighted by molar-refractivity contribution is 4.92. The Labute approximate surface area is 50.7 Å². The van der Waals surface area contributed by atoms with Crippen molar-refractivity contribution in [2.75, 3.05) is 6.61 Å². The molecule has 0 aliphatic heterocycles. The average Bonchev–Trinajstić information content (AvgIpc) is 1.81. The second-order valence-corrected chi connectivity index (χ2v) is 1.44. The van der Waals surface area contributed by atoms with Crippen LogP contribution >= 0.6 is 0 Å². The Hall–Kier alpha value is -0.720. The van der Waals surface area contributed by atoms with Crippen LogP contribution in [0, 0.1) is 0 Å². The summed E-state index contributed by atoms with van der Waals surface area (Å²) in [5.74, 6) is 0.